The molecular weight excluding hydrogens is 384 g/mol. The van der Waals surface area contributed by atoms with Crippen LogP contribution in [0.5, 0.6) is 0 Å². The number of halogens is 2. The van der Waals surface area contributed by atoms with Crippen molar-refractivity contribution >= 4 is 23.2 Å². The molecular formula is C20H21F2N3O2S. The second-order valence-corrected chi connectivity index (χ2v) is 8.25. The Morgan fingerprint density at radius 3 is 2.57 bits per heavy atom. The molecule has 2 aromatic rings. The maximum atomic E-state index is 13.4. The van der Waals surface area contributed by atoms with Crippen LogP contribution in [0.15, 0.2) is 23.6 Å². The van der Waals surface area contributed by atoms with Crippen LogP contribution in [0.4, 0.5) is 8.78 Å². The molecule has 1 aromatic heterocycles. The molecule has 1 saturated heterocycles. The Hall–Kier alpha value is -2.35. The van der Waals surface area contributed by atoms with Gasteiger partial charge in [-0.25, -0.2) is 13.8 Å². The highest BCUT2D eigenvalue weighted by Gasteiger charge is 2.30. The molecule has 2 aliphatic rings. The number of benzene rings is 1. The molecule has 1 saturated carbocycles. The van der Waals surface area contributed by atoms with Gasteiger partial charge in [-0.05, 0) is 43.9 Å². The molecule has 5 nitrogen and oxygen atoms in total. The van der Waals surface area contributed by atoms with Gasteiger partial charge in [0.2, 0.25) is 5.91 Å². The molecule has 2 amide bonds. The second kappa shape index (κ2) is 7.95. The summed E-state index contributed by atoms with van der Waals surface area (Å²) in [7, 11) is 0. The monoisotopic (exact) mass is 405 g/mol. The average molecular weight is 405 g/mol. The van der Waals surface area contributed by atoms with Crippen molar-refractivity contribution in [3.05, 3.63) is 51.5 Å². The van der Waals surface area contributed by atoms with Crippen molar-refractivity contribution in [1.82, 2.24) is 15.2 Å². The first-order valence-electron chi connectivity index (χ1n) is 9.47. The first-order valence-corrected chi connectivity index (χ1v) is 10.4. The summed E-state index contributed by atoms with van der Waals surface area (Å²) in [4.78, 5) is 30.5. The normalized spacial score (nSPS) is 17.6. The third kappa shape index (κ3) is 4.22. The van der Waals surface area contributed by atoms with Crippen molar-refractivity contribution in [3.63, 3.8) is 0 Å². The molecule has 1 N–H and O–H groups in total. The second-order valence-electron chi connectivity index (χ2n) is 7.36. The molecule has 28 heavy (non-hydrogen) atoms. The lowest BCUT2D eigenvalue weighted by Gasteiger charge is -2.31. The minimum atomic E-state index is -1.01. The van der Waals surface area contributed by atoms with Crippen LogP contribution >= 0.6 is 11.3 Å². The Kier molecular flexibility index (Phi) is 5.39. The van der Waals surface area contributed by atoms with Crippen LogP contribution in [0.3, 0.4) is 0 Å². The molecule has 0 unspecified atom stereocenters. The summed E-state index contributed by atoms with van der Waals surface area (Å²) in [6, 6.07) is 3.25. The molecule has 1 aromatic carbocycles. The number of nitrogens with one attached hydrogen (secondary N) is 1. The fraction of sp³-hybridized carbons (Fsp3) is 0.450. The Balaban J connectivity index is 1.30. The van der Waals surface area contributed by atoms with E-state index in [0.29, 0.717) is 19.6 Å². The summed E-state index contributed by atoms with van der Waals surface area (Å²) < 4.78 is 26.4. The lowest BCUT2D eigenvalue weighted by Crippen LogP contribution is -2.38. The average Bonchev–Trinajstić information content (AvgIpc) is 3.46. The zero-order valence-corrected chi connectivity index (χ0v) is 16.1. The maximum Gasteiger partial charge on any atom is 0.253 e. The van der Waals surface area contributed by atoms with Gasteiger partial charge in [0.1, 0.15) is 0 Å². The van der Waals surface area contributed by atoms with Crippen molar-refractivity contribution in [2.24, 2.45) is 5.92 Å². The van der Waals surface area contributed by atoms with Gasteiger partial charge in [-0.2, -0.15) is 0 Å². The first kappa shape index (κ1) is 19.0. The number of amides is 2. The van der Waals surface area contributed by atoms with Gasteiger partial charge >= 0.3 is 0 Å². The fourth-order valence-electron chi connectivity index (χ4n) is 3.40. The van der Waals surface area contributed by atoms with E-state index in [1.54, 1.807) is 16.2 Å². The number of carbonyl (C=O) groups excluding carboxylic acids is 2. The lowest BCUT2D eigenvalue weighted by molar-refractivity contribution is -0.122. The number of likely N-dealkylation sites (tertiary alicyclic amines) is 1. The van der Waals surface area contributed by atoms with Crippen LogP contribution in [0, 0.1) is 17.6 Å². The summed E-state index contributed by atoms with van der Waals surface area (Å²) >= 11 is 1.58. The Morgan fingerprint density at radius 1 is 1.14 bits per heavy atom. The van der Waals surface area contributed by atoms with E-state index in [1.165, 1.54) is 6.07 Å². The van der Waals surface area contributed by atoms with Gasteiger partial charge in [-0.3, -0.25) is 9.59 Å². The van der Waals surface area contributed by atoms with Crippen LogP contribution in [0.25, 0.3) is 0 Å². The quantitative estimate of drug-likeness (QED) is 0.829. The zero-order valence-electron chi connectivity index (χ0n) is 15.3. The molecule has 0 spiro atoms. The summed E-state index contributed by atoms with van der Waals surface area (Å²) in [6.07, 6.45) is 3.51. The molecule has 8 heteroatoms. The van der Waals surface area contributed by atoms with E-state index in [-0.39, 0.29) is 29.2 Å². The van der Waals surface area contributed by atoms with E-state index in [2.05, 4.69) is 10.3 Å². The number of hydrogen-bond donors (Lipinski definition) is 1. The van der Waals surface area contributed by atoms with Crippen LogP contribution in [-0.2, 0) is 11.3 Å². The molecule has 1 aliphatic carbocycles. The molecule has 0 bridgehead atoms. The minimum absolute atomic E-state index is 0.110. The molecule has 2 fully saturated rings. The number of nitrogens with zero attached hydrogens (tertiary/aromatic N) is 2. The number of thiazole rings is 1. The van der Waals surface area contributed by atoms with Gasteiger partial charge in [0.05, 0.1) is 17.2 Å². The van der Waals surface area contributed by atoms with Crippen LogP contribution in [0.2, 0.25) is 0 Å². The largest absolute Gasteiger partial charge is 0.350 e. The van der Waals surface area contributed by atoms with Gasteiger partial charge in [0.25, 0.3) is 5.91 Å². The topological polar surface area (TPSA) is 62.3 Å². The molecule has 0 radical (unpaired) electrons. The Bertz CT molecular complexity index is 889. The van der Waals surface area contributed by atoms with Crippen molar-refractivity contribution in [2.45, 2.75) is 38.1 Å². The van der Waals surface area contributed by atoms with E-state index >= 15 is 0 Å². The van der Waals surface area contributed by atoms with E-state index in [9.17, 15) is 18.4 Å². The summed E-state index contributed by atoms with van der Waals surface area (Å²) in [5, 5.41) is 5.92. The SMILES string of the molecule is O=C(NCc1csc(C2CCN(C(=O)c3ccc(F)c(F)c3)CC2)n1)C1CC1. The van der Waals surface area contributed by atoms with Gasteiger partial charge in [-0.1, -0.05) is 0 Å². The van der Waals surface area contributed by atoms with Crippen LogP contribution in [-0.4, -0.2) is 34.8 Å². The van der Waals surface area contributed by atoms with Crippen molar-refractivity contribution in [3.8, 4) is 0 Å². The molecule has 0 atom stereocenters. The smallest absolute Gasteiger partial charge is 0.253 e. The van der Waals surface area contributed by atoms with Gasteiger partial charge in [0.15, 0.2) is 11.6 Å². The van der Waals surface area contributed by atoms with E-state index in [0.717, 1.165) is 48.5 Å². The Morgan fingerprint density at radius 2 is 1.89 bits per heavy atom. The van der Waals surface area contributed by atoms with Crippen molar-refractivity contribution < 1.29 is 18.4 Å². The molecule has 148 valence electrons. The number of hydrogen-bond acceptors (Lipinski definition) is 4. The van der Waals surface area contributed by atoms with Gasteiger partial charge < -0.3 is 10.2 Å². The predicted octanol–water partition coefficient (Wildman–Crippen LogP) is 3.47. The third-order valence-corrected chi connectivity index (χ3v) is 6.32. The predicted molar refractivity (Wildman–Crippen MR) is 101 cm³/mol. The first-order chi connectivity index (χ1) is 13.5. The number of aromatic nitrogens is 1. The van der Waals surface area contributed by atoms with E-state index < -0.39 is 11.6 Å². The van der Waals surface area contributed by atoms with Crippen LogP contribution in [0.1, 0.15) is 52.7 Å². The van der Waals surface area contributed by atoms with Crippen molar-refractivity contribution in [2.75, 3.05) is 13.1 Å². The van der Waals surface area contributed by atoms with Crippen LogP contribution < -0.4 is 5.32 Å². The van der Waals surface area contributed by atoms with Crippen molar-refractivity contribution in [1.29, 1.82) is 0 Å². The third-order valence-electron chi connectivity index (χ3n) is 5.26. The highest BCUT2D eigenvalue weighted by Crippen LogP contribution is 2.31. The van der Waals surface area contributed by atoms with E-state index in [4.69, 9.17) is 0 Å². The molecule has 4 rings (SSSR count). The van der Waals surface area contributed by atoms with Gasteiger partial charge in [0, 0.05) is 35.9 Å². The summed E-state index contributed by atoms with van der Waals surface area (Å²) in [5.74, 6) is -1.67. The molecule has 1 aliphatic heterocycles. The highest BCUT2D eigenvalue weighted by atomic mass is 32.1. The lowest BCUT2D eigenvalue weighted by atomic mass is 9.97. The maximum absolute atomic E-state index is 13.4. The minimum Gasteiger partial charge on any atom is -0.350 e. The van der Waals surface area contributed by atoms with Gasteiger partial charge in [-0.15, -0.1) is 11.3 Å². The summed E-state index contributed by atoms with van der Waals surface area (Å²) in [5.41, 5.74) is 1.04. The summed E-state index contributed by atoms with van der Waals surface area (Å²) in [6.45, 7) is 1.56. The highest BCUT2D eigenvalue weighted by molar-refractivity contribution is 7.09. The number of rotatable bonds is 5. The zero-order chi connectivity index (χ0) is 19.7. The number of carbonyl (C=O) groups is 2. The fourth-order valence-corrected chi connectivity index (χ4v) is 4.39. The standard InChI is InChI=1S/C20H21F2N3O2S/c21-16-4-3-14(9-17(16)22)20(27)25-7-5-13(6-8-25)19-24-15(11-28-19)10-23-18(26)12-1-2-12/h3-4,9,11-13H,1-2,5-8,10H2,(H,23,26). The molecule has 2 heterocycles. The number of piperidine rings is 1. The van der Waals surface area contributed by atoms with E-state index in [1.807, 2.05) is 5.38 Å². The Labute approximate surface area is 165 Å².